The molecule has 0 aromatic carbocycles. The Labute approximate surface area is 166 Å². The Balaban J connectivity index is 3.14. The molecule has 13 nitrogen and oxygen atoms in total. The number of aliphatic hydroxyl groups excluding tert-OH is 7. The van der Waals surface area contributed by atoms with Crippen molar-refractivity contribution in [1.29, 1.82) is 0 Å². The van der Waals surface area contributed by atoms with Crippen LogP contribution in [-0.4, -0.2) is 122 Å². The van der Waals surface area contributed by atoms with Gasteiger partial charge in [-0.05, 0) is 0 Å². The predicted octanol–water partition coefficient (Wildman–Crippen LogP) is -5.47. The van der Waals surface area contributed by atoms with Gasteiger partial charge in [-0.15, -0.1) is 0 Å². The van der Waals surface area contributed by atoms with Crippen molar-refractivity contribution in [2.24, 2.45) is 0 Å². The smallest absolute Gasteiger partial charge is 0.217 e. The predicted molar refractivity (Wildman–Crippen MR) is 94.0 cm³/mol. The quantitative estimate of drug-likeness (QED) is 0.160. The third-order valence-electron chi connectivity index (χ3n) is 4.44. The van der Waals surface area contributed by atoms with E-state index in [2.05, 4.69) is 10.6 Å². The molecule has 0 bridgehead atoms. The van der Waals surface area contributed by atoms with Crippen molar-refractivity contribution < 1.29 is 54.8 Å². The van der Waals surface area contributed by atoms with Gasteiger partial charge in [-0.25, -0.2) is 0 Å². The lowest BCUT2D eigenvalue weighted by Crippen LogP contribution is -2.66. The number of aliphatic hydroxyl groups is 7. The van der Waals surface area contributed by atoms with E-state index in [1.54, 1.807) is 0 Å². The topological polar surface area (TPSA) is 218 Å². The van der Waals surface area contributed by atoms with Gasteiger partial charge in [0, 0.05) is 13.8 Å². The fourth-order valence-corrected chi connectivity index (χ4v) is 2.97. The maximum absolute atomic E-state index is 11.5. The molecule has 29 heavy (non-hydrogen) atoms. The van der Waals surface area contributed by atoms with Crippen LogP contribution < -0.4 is 10.6 Å². The fourth-order valence-electron chi connectivity index (χ4n) is 2.97. The van der Waals surface area contributed by atoms with Crippen LogP contribution >= 0.6 is 0 Å². The molecule has 1 saturated heterocycles. The molecule has 0 aromatic rings. The molecule has 1 rings (SSSR count). The van der Waals surface area contributed by atoms with Crippen LogP contribution in [0.1, 0.15) is 13.8 Å². The SMILES string of the molecule is CC(=O)N[C@@H]1[C@H](O[C@@H]([C@H](O)[C@@H](CO)NC(C)=O)[C@H](O)CO)O[C@H](CO)[C@@H](O)[C@@H]1O. The molecule has 170 valence electrons. The third-order valence-corrected chi connectivity index (χ3v) is 4.44. The highest BCUT2D eigenvalue weighted by Crippen LogP contribution is 2.25. The largest absolute Gasteiger partial charge is 0.394 e. The number of amides is 2. The highest BCUT2D eigenvalue weighted by atomic mass is 16.7. The molecule has 1 aliphatic heterocycles. The Hall–Kier alpha value is -1.42. The average Bonchev–Trinajstić information content (AvgIpc) is 2.67. The lowest BCUT2D eigenvalue weighted by Gasteiger charge is -2.44. The van der Waals surface area contributed by atoms with E-state index in [-0.39, 0.29) is 0 Å². The summed E-state index contributed by atoms with van der Waals surface area (Å²) < 4.78 is 10.8. The number of carbonyl (C=O) groups excluding carboxylic acids is 2. The molecule has 9 atom stereocenters. The maximum Gasteiger partial charge on any atom is 0.217 e. The zero-order valence-electron chi connectivity index (χ0n) is 16.1. The summed E-state index contributed by atoms with van der Waals surface area (Å²) in [5.74, 6) is -1.21. The molecular weight excluding hydrogens is 396 g/mol. The van der Waals surface area contributed by atoms with E-state index in [0.717, 1.165) is 13.8 Å². The Kier molecular flexibility index (Phi) is 10.3. The van der Waals surface area contributed by atoms with Crippen LogP contribution in [0.5, 0.6) is 0 Å². The van der Waals surface area contributed by atoms with Gasteiger partial charge < -0.3 is 55.9 Å². The zero-order valence-corrected chi connectivity index (χ0v) is 16.1. The van der Waals surface area contributed by atoms with Crippen molar-refractivity contribution in [2.45, 2.75) is 68.8 Å². The van der Waals surface area contributed by atoms with Gasteiger partial charge in [-0.3, -0.25) is 9.59 Å². The van der Waals surface area contributed by atoms with Crippen LogP contribution in [0.25, 0.3) is 0 Å². The maximum atomic E-state index is 11.5. The molecule has 13 heteroatoms. The summed E-state index contributed by atoms with van der Waals surface area (Å²) in [6.07, 6.45) is -11.2. The van der Waals surface area contributed by atoms with Crippen LogP contribution in [-0.2, 0) is 19.1 Å². The summed E-state index contributed by atoms with van der Waals surface area (Å²) in [6, 6.07) is -2.65. The molecule has 0 aliphatic carbocycles. The molecule has 9 N–H and O–H groups in total. The van der Waals surface area contributed by atoms with Gasteiger partial charge in [-0.2, -0.15) is 0 Å². The van der Waals surface area contributed by atoms with Gasteiger partial charge in [0.05, 0.1) is 25.9 Å². The van der Waals surface area contributed by atoms with Gasteiger partial charge >= 0.3 is 0 Å². The monoisotopic (exact) mass is 426 g/mol. The Bertz CT molecular complexity index is 537. The normalized spacial score (nSPS) is 31.4. The summed E-state index contributed by atoms with van der Waals surface area (Å²) in [5.41, 5.74) is 0. The third kappa shape index (κ3) is 6.80. The molecule has 0 radical (unpaired) electrons. The Morgan fingerprint density at radius 1 is 1.03 bits per heavy atom. The highest BCUT2D eigenvalue weighted by molar-refractivity contribution is 5.73. The van der Waals surface area contributed by atoms with E-state index >= 15 is 0 Å². The first-order chi connectivity index (χ1) is 13.6. The number of hydrogen-bond donors (Lipinski definition) is 9. The van der Waals surface area contributed by atoms with E-state index < -0.39 is 86.6 Å². The molecule has 0 aromatic heterocycles. The standard InChI is InChI=1S/C16H30N2O11/c1-6(22)17-8(3-19)12(25)15(9(24)4-20)29-16-11(18-7(2)23)14(27)13(26)10(5-21)28-16/h8-16,19-21,24-27H,3-5H2,1-2H3,(H,17,22)(H,18,23)/t8-,9-,10-,11+,12-,13-,14-,15-,16+/m1/s1. The second-order valence-electron chi connectivity index (χ2n) is 6.76. The number of ether oxygens (including phenoxy) is 2. The van der Waals surface area contributed by atoms with Crippen LogP contribution in [0, 0.1) is 0 Å². The second kappa shape index (κ2) is 11.7. The molecule has 0 spiro atoms. The molecular formula is C16H30N2O11. The van der Waals surface area contributed by atoms with E-state index in [0.29, 0.717) is 0 Å². The lowest BCUT2D eigenvalue weighted by molar-refractivity contribution is -0.299. The summed E-state index contributed by atoms with van der Waals surface area (Å²) in [4.78, 5) is 22.7. The van der Waals surface area contributed by atoms with Crippen LogP contribution in [0.3, 0.4) is 0 Å². The van der Waals surface area contributed by atoms with Gasteiger partial charge in [0.2, 0.25) is 11.8 Å². The minimum atomic E-state index is -1.75. The first kappa shape index (κ1) is 25.6. The van der Waals surface area contributed by atoms with Crippen molar-refractivity contribution in [1.82, 2.24) is 10.6 Å². The average molecular weight is 426 g/mol. The molecule has 1 aliphatic rings. The Morgan fingerprint density at radius 2 is 1.66 bits per heavy atom. The summed E-state index contributed by atoms with van der Waals surface area (Å²) in [6.45, 7) is -0.0754. The molecule has 0 saturated carbocycles. The number of rotatable bonds is 10. The second-order valence-corrected chi connectivity index (χ2v) is 6.76. The summed E-state index contributed by atoms with van der Waals surface area (Å²) in [5, 5.41) is 73.4. The fraction of sp³-hybridized carbons (Fsp3) is 0.875. The lowest BCUT2D eigenvalue weighted by atomic mass is 9.96. The number of carbonyl (C=O) groups is 2. The van der Waals surface area contributed by atoms with Crippen molar-refractivity contribution in [3.05, 3.63) is 0 Å². The van der Waals surface area contributed by atoms with Crippen LogP contribution in [0.4, 0.5) is 0 Å². The van der Waals surface area contributed by atoms with E-state index in [9.17, 15) is 45.3 Å². The van der Waals surface area contributed by atoms with Crippen molar-refractivity contribution in [2.75, 3.05) is 19.8 Å². The molecule has 2 amide bonds. The van der Waals surface area contributed by atoms with Gasteiger partial charge in [0.25, 0.3) is 0 Å². The van der Waals surface area contributed by atoms with E-state index in [1.165, 1.54) is 0 Å². The molecule has 1 fully saturated rings. The van der Waals surface area contributed by atoms with Crippen molar-refractivity contribution >= 4 is 11.8 Å². The summed E-state index contributed by atoms with van der Waals surface area (Å²) >= 11 is 0. The molecule has 0 unspecified atom stereocenters. The van der Waals surface area contributed by atoms with E-state index in [1.807, 2.05) is 0 Å². The van der Waals surface area contributed by atoms with Crippen LogP contribution in [0.2, 0.25) is 0 Å². The van der Waals surface area contributed by atoms with Gasteiger partial charge in [-0.1, -0.05) is 0 Å². The zero-order chi connectivity index (χ0) is 22.3. The minimum Gasteiger partial charge on any atom is -0.394 e. The number of nitrogens with one attached hydrogen (secondary N) is 2. The number of hydrogen-bond acceptors (Lipinski definition) is 11. The summed E-state index contributed by atoms with van der Waals surface area (Å²) in [7, 11) is 0. The Morgan fingerprint density at radius 3 is 2.10 bits per heavy atom. The highest BCUT2D eigenvalue weighted by Gasteiger charge is 2.48. The van der Waals surface area contributed by atoms with E-state index in [4.69, 9.17) is 9.47 Å². The van der Waals surface area contributed by atoms with Crippen LogP contribution in [0.15, 0.2) is 0 Å². The van der Waals surface area contributed by atoms with Crippen molar-refractivity contribution in [3.8, 4) is 0 Å². The van der Waals surface area contributed by atoms with Gasteiger partial charge in [0.15, 0.2) is 6.29 Å². The first-order valence-corrected chi connectivity index (χ1v) is 8.97. The van der Waals surface area contributed by atoms with Gasteiger partial charge in [0.1, 0.15) is 42.7 Å². The van der Waals surface area contributed by atoms with Crippen molar-refractivity contribution in [3.63, 3.8) is 0 Å². The minimum absolute atomic E-state index is 0.593. The first-order valence-electron chi connectivity index (χ1n) is 8.97. The molecule has 1 heterocycles.